The van der Waals surface area contributed by atoms with E-state index in [9.17, 15) is 0 Å². The molecular formula is C19H26IN3O2. The van der Waals surface area contributed by atoms with Gasteiger partial charge in [0.05, 0.1) is 20.3 Å². The Kier molecular flexibility index (Phi) is 9.12. The first kappa shape index (κ1) is 21.1. The Morgan fingerprint density at radius 2 is 1.88 bits per heavy atom. The van der Waals surface area contributed by atoms with Crippen molar-refractivity contribution < 1.29 is 9.47 Å². The lowest BCUT2D eigenvalue weighted by molar-refractivity contribution is 0.314. The van der Waals surface area contributed by atoms with Crippen LogP contribution in [0.4, 0.5) is 5.69 Å². The van der Waals surface area contributed by atoms with Gasteiger partial charge in [-0.3, -0.25) is 0 Å². The number of guanidine groups is 1. The number of halogens is 1. The average Bonchev–Trinajstić information content (AvgIpc) is 2.59. The van der Waals surface area contributed by atoms with Crippen molar-refractivity contribution in [3.05, 3.63) is 53.6 Å². The van der Waals surface area contributed by atoms with Gasteiger partial charge in [-0.25, -0.2) is 4.99 Å². The molecule has 0 bridgehead atoms. The maximum atomic E-state index is 5.97. The summed E-state index contributed by atoms with van der Waals surface area (Å²) < 4.78 is 10.9. The number of rotatable bonds is 7. The smallest absolute Gasteiger partial charge is 0.193 e. The number of aryl methyl sites for hydroxylation is 1. The molecule has 25 heavy (non-hydrogen) atoms. The number of nitrogens with two attached hydrogens (primary N) is 1. The SMILES string of the molecule is CCCOc1cc(C)ccc1CN=C(N)Nc1ccc(OC)cc1.I. The Balaban J connectivity index is 0.00000312. The average molecular weight is 455 g/mol. The summed E-state index contributed by atoms with van der Waals surface area (Å²) in [7, 11) is 1.64. The normalized spacial score (nSPS) is 10.8. The second-order valence-corrected chi connectivity index (χ2v) is 5.51. The number of methoxy groups -OCH3 is 1. The van der Waals surface area contributed by atoms with Crippen LogP contribution in [0, 0.1) is 6.92 Å². The third-order valence-electron chi connectivity index (χ3n) is 3.47. The summed E-state index contributed by atoms with van der Waals surface area (Å²) in [4.78, 5) is 4.40. The van der Waals surface area contributed by atoms with Crippen LogP contribution in [0.5, 0.6) is 11.5 Å². The highest BCUT2D eigenvalue weighted by molar-refractivity contribution is 14.0. The van der Waals surface area contributed by atoms with E-state index in [0.29, 0.717) is 19.1 Å². The van der Waals surface area contributed by atoms with Crippen molar-refractivity contribution in [1.29, 1.82) is 0 Å². The molecule has 0 radical (unpaired) electrons. The highest BCUT2D eigenvalue weighted by atomic mass is 127. The third-order valence-corrected chi connectivity index (χ3v) is 3.47. The van der Waals surface area contributed by atoms with E-state index in [0.717, 1.165) is 34.7 Å². The van der Waals surface area contributed by atoms with Gasteiger partial charge in [-0.05, 0) is 49.2 Å². The maximum Gasteiger partial charge on any atom is 0.193 e. The largest absolute Gasteiger partial charge is 0.497 e. The number of aliphatic imine (C=N–C) groups is 1. The van der Waals surface area contributed by atoms with Crippen molar-refractivity contribution in [3.63, 3.8) is 0 Å². The molecule has 2 aromatic rings. The summed E-state index contributed by atoms with van der Waals surface area (Å²) in [6.07, 6.45) is 0.970. The van der Waals surface area contributed by atoms with Crippen molar-refractivity contribution in [1.82, 2.24) is 0 Å². The summed E-state index contributed by atoms with van der Waals surface area (Å²) in [5.74, 6) is 2.04. The van der Waals surface area contributed by atoms with Gasteiger partial charge in [0.2, 0.25) is 0 Å². The van der Waals surface area contributed by atoms with Gasteiger partial charge >= 0.3 is 0 Å². The van der Waals surface area contributed by atoms with Crippen LogP contribution in [-0.2, 0) is 6.54 Å². The molecule has 0 aliphatic heterocycles. The van der Waals surface area contributed by atoms with E-state index in [1.54, 1.807) is 7.11 Å². The van der Waals surface area contributed by atoms with Crippen LogP contribution in [0.25, 0.3) is 0 Å². The predicted octanol–water partition coefficient (Wildman–Crippen LogP) is 4.34. The number of hydrogen-bond donors (Lipinski definition) is 2. The Morgan fingerprint density at radius 1 is 1.16 bits per heavy atom. The quantitative estimate of drug-likeness (QED) is 0.371. The molecule has 6 heteroatoms. The highest BCUT2D eigenvalue weighted by Gasteiger charge is 2.04. The lowest BCUT2D eigenvalue weighted by Crippen LogP contribution is -2.22. The molecule has 0 saturated carbocycles. The van der Waals surface area contributed by atoms with Gasteiger partial charge in [-0.1, -0.05) is 19.1 Å². The molecule has 0 aromatic heterocycles. The van der Waals surface area contributed by atoms with Crippen molar-refractivity contribution in [2.45, 2.75) is 26.8 Å². The summed E-state index contributed by atoms with van der Waals surface area (Å²) in [6, 6.07) is 13.6. The van der Waals surface area contributed by atoms with E-state index < -0.39 is 0 Å². The third kappa shape index (κ3) is 6.81. The fourth-order valence-corrected chi connectivity index (χ4v) is 2.17. The number of anilines is 1. The van der Waals surface area contributed by atoms with E-state index in [1.165, 1.54) is 0 Å². The summed E-state index contributed by atoms with van der Waals surface area (Å²) in [6.45, 7) is 5.30. The van der Waals surface area contributed by atoms with Crippen molar-refractivity contribution >= 4 is 35.6 Å². The van der Waals surface area contributed by atoms with Crippen LogP contribution >= 0.6 is 24.0 Å². The summed E-state index contributed by atoms with van der Waals surface area (Å²) in [5.41, 5.74) is 9.02. The van der Waals surface area contributed by atoms with Gasteiger partial charge in [0, 0.05) is 11.3 Å². The van der Waals surface area contributed by atoms with Crippen LogP contribution in [-0.4, -0.2) is 19.7 Å². The fraction of sp³-hybridized carbons (Fsp3) is 0.316. The minimum Gasteiger partial charge on any atom is -0.497 e. The minimum absolute atomic E-state index is 0. The molecule has 0 aliphatic carbocycles. The first-order chi connectivity index (χ1) is 11.6. The minimum atomic E-state index is 0. The van der Waals surface area contributed by atoms with Crippen LogP contribution in [0.1, 0.15) is 24.5 Å². The molecule has 2 aromatic carbocycles. The first-order valence-corrected chi connectivity index (χ1v) is 8.05. The molecule has 0 amide bonds. The Morgan fingerprint density at radius 3 is 2.52 bits per heavy atom. The highest BCUT2D eigenvalue weighted by Crippen LogP contribution is 2.21. The number of ether oxygens (including phenoxy) is 2. The molecule has 5 nitrogen and oxygen atoms in total. The molecule has 3 N–H and O–H groups in total. The molecule has 0 unspecified atom stereocenters. The van der Waals surface area contributed by atoms with Crippen LogP contribution in [0.15, 0.2) is 47.5 Å². The molecular weight excluding hydrogens is 429 g/mol. The standard InChI is InChI=1S/C19H25N3O2.HI/c1-4-11-24-18-12-14(2)5-6-15(18)13-21-19(20)22-16-7-9-17(23-3)10-8-16;/h5-10,12H,4,11,13H2,1-3H3,(H3,20,21,22);1H. The monoisotopic (exact) mass is 455 g/mol. The van der Waals surface area contributed by atoms with Crippen LogP contribution in [0.3, 0.4) is 0 Å². The molecule has 0 fully saturated rings. The lowest BCUT2D eigenvalue weighted by atomic mass is 10.1. The molecule has 136 valence electrons. The topological polar surface area (TPSA) is 68.9 Å². The molecule has 0 spiro atoms. The van der Waals surface area contributed by atoms with E-state index in [2.05, 4.69) is 23.3 Å². The number of hydrogen-bond acceptors (Lipinski definition) is 3. The summed E-state index contributed by atoms with van der Waals surface area (Å²) in [5, 5.41) is 3.07. The fourth-order valence-electron chi connectivity index (χ4n) is 2.17. The summed E-state index contributed by atoms with van der Waals surface area (Å²) >= 11 is 0. The van der Waals surface area contributed by atoms with Gasteiger partial charge in [0.1, 0.15) is 11.5 Å². The predicted molar refractivity (Wildman–Crippen MR) is 114 cm³/mol. The Labute approximate surface area is 166 Å². The van der Waals surface area contributed by atoms with E-state index in [4.69, 9.17) is 15.2 Å². The second-order valence-electron chi connectivity index (χ2n) is 5.51. The Bertz CT molecular complexity index is 688. The number of benzene rings is 2. The number of nitrogens with one attached hydrogen (secondary N) is 1. The van der Waals surface area contributed by atoms with Gasteiger partial charge in [0.25, 0.3) is 0 Å². The van der Waals surface area contributed by atoms with Crippen molar-refractivity contribution in [3.8, 4) is 11.5 Å². The molecule has 0 saturated heterocycles. The zero-order valence-electron chi connectivity index (χ0n) is 14.9. The van der Waals surface area contributed by atoms with Gasteiger partial charge < -0.3 is 20.5 Å². The van der Waals surface area contributed by atoms with E-state index in [1.807, 2.05) is 43.3 Å². The Hall–Kier alpha value is -1.96. The maximum absolute atomic E-state index is 5.97. The van der Waals surface area contributed by atoms with Crippen LogP contribution < -0.4 is 20.5 Å². The van der Waals surface area contributed by atoms with Crippen molar-refractivity contribution in [2.75, 3.05) is 19.0 Å². The van der Waals surface area contributed by atoms with Gasteiger partial charge in [-0.2, -0.15) is 0 Å². The zero-order chi connectivity index (χ0) is 17.4. The number of nitrogens with zero attached hydrogens (tertiary/aromatic N) is 1. The van der Waals surface area contributed by atoms with E-state index in [-0.39, 0.29) is 24.0 Å². The second kappa shape index (κ2) is 10.8. The van der Waals surface area contributed by atoms with E-state index >= 15 is 0 Å². The van der Waals surface area contributed by atoms with Crippen LogP contribution in [0.2, 0.25) is 0 Å². The molecule has 0 aliphatic rings. The lowest BCUT2D eigenvalue weighted by Gasteiger charge is -2.11. The van der Waals surface area contributed by atoms with Crippen molar-refractivity contribution in [2.24, 2.45) is 10.7 Å². The zero-order valence-corrected chi connectivity index (χ0v) is 17.2. The molecule has 0 atom stereocenters. The molecule has 2 rings (SSSR count). The molecule has 0 heterocycles. The van der Waals surface area contributed by atoms with Gasteiger partial charge in [-0.15, -0.1) is 24.0 Å². The van der Waals surface area contributed by atoms with Gasteiger partial charge in [0.15, 0.2) is 5.96 Å². The first-order valence-electron chi connectivity index (χ1n) is 8.05.